The Morgan fingerprint density at radius 2 is 1.23 bits per heavy atom. The fourth-order valence-electron chi connectivity index (χ4n) is 1.20. The van der Waals surface area contributed by atoms with E-state index in [1.54, 1.807) is 0 Å². The maximum Gasteiger partial charge on any atom is 0.480 e. The predicted molar refractivity (Wildman–Crippen MR) is 66.6 cm³/mol. The Labute approximate surface area is 124 Å². The van der Waals surface area contributed by atoms with Crippen molar-refractivity contribution >= 4 is 0 Å². The highest BCUT2D eigenvalue weighted by atomic mass is 17.0. The molecule has 0 aliphatic heterocycles. The Morgan fingerprint density at radius 3 is 1.50 bits per heavy atom. The van der Waals surface area contributed by atoms with Gasteiger partial charge < -0.3 is 9.68 Å². The second-order valence-corrected chi connectivity index (χ2v) is 3.68. The van der Waals surface area contributed by atoms with Crippen LogP contribution in [-0.4, -0.2) is 55.0 Å². The number of hydrogen-bond donors (Lipinski definition) is 2. The summed E-state index contributed by atoms with van der Waals surface area (Å²) in [5.74, 6) is 0. The lowest BCUT2D eigenvalue weighted by molar-refractivity contribution is -0.994. The highest BCUT2D eigenvalue weighted by molar-refractivity contribution is 4.48. The molecule has 0 aromatic carbocycles. The summed E-state index contributed by atoms with van der Waals surface area (Å²) >= 11 is 0. The van der Waals surface area contributed by atoms with Crippen LogP contribution in [-0.2, 0) is 19.4 Å². The molecule has 22 heavy (non-hydrogen) atoms. The van der Waals surface area contributed by atoms with E-state index in [0.29, 0.717) is 0 Å². The molecule has 0 saturated carbocycles. The van der Waals surface area contributed by atoms with Crippen molar-refractivity contribution in [1.29, 1.82) is 0 Å². The third kappa shape index (κ3) is 10.3. The third-order valence-corrected chi connectivity index (χ3v) is 2.22. The van der Waals surface area contributed by atoms with Gasteiger partial charge in [0.2, 0.25) is 12.5 Å². The normalized spacial score (nSPS) is 12.8. The highest BCUT2D eigenvalue weighted by Crippen LogP contribution is 2.01. The minimum absolute atomic E-state index is 0.00817. The Kier molecular flexibility index (Phi) is 9.95. The fraction of sp³-hybridized carbons (Fsp3) is 1.00. The summed E-state index contributed by atoms with van der Waals surface area (Å²) in [4.78, 5) is 49.1. The fourth-order valence-corrected chi connectivity index (χ4v) is 1.20. The number of nitrogens with zero attached hydrogens (tertiary/aromatic N) is 3. The molecule has 0 aromatic heterocycles. The highest BCUT2D eigenvalue weighted by Gasteiger charge is 2.26. The van der Waals surface area contributed by atoms with Gasteiger partial charge in [-0.3, -0.25) is 10.6 Å². The first-order chi connectivity index (χ1) is 10.4. The monoisotopic (exact) mass is 328 g/mol. The Bertz CT molecular complexity index is 336. The second-order valence-electron chi connectivity index (χ2n) is 3.68. The van der Waals surface area contributed by atoms with Crippen LogP contribution in [0.5, 0.6) is 0 Å². The van der Waals surface area contributed by atoms with Crippen LogP contribution in [0.2, 0.25) is 0 Å². The van der Waals surface area contributed by atoms with Crippen LogP contribution in [0.1, 0.15) is 12.8 Å². The van der Waals surface area contributed by atoms with E-state index in [1.807, 2.05) is 0 Å². The lowest BCUT2D eigenvalue weighted by atomic mass is 10.4. The molecule has 0 radical (unpaired) electrons. The molecule has 0 aromatic rings. The van der Waals surface area contributed by atoms with Gasteiger partial charge >= 0.3 is 5.09 Å². The van der Waals surface area contributed by atoms with Gasteiger partial charge in [0, 0.05) is 12.8 Å². The smallest absolute Gasteiger partial charge is 0.314 e. The van der Waals surface area contributed by atoms with E-state index in [2.05, 4.69) is 20.3 Å². The molecule has 0 amide bonds. The van der Waals surface area contributed by atoms with E-state index in [1.165, 1.54) is 14.1 Å². The van der Waals surface area contributed by atoms with Crippen molar-refractivity contribution in [3.05, 3.63) is 25.1 Å². The Balaban J connectivity index is 4.08. The summed E-state index contributed by atoms with van der Waals surface area (Å²) in [5.41, 5.74) is 0. The van der Waals surface area contributed by atoms with Crippen LogP contribution in [0, 0.1) is 25.1 Å². The molecule has 2 N–H and O–H groups in total. The minimum Gasteiger partial charge on any atom is -0.314 e. The zero-order chi connectivity index (χ0) is 17.0. The van der Waals surface area contributed by atoms with Gasteiger partial charge in [0.25, 0.3) is 10.2 Å². The van der Waals surface area contributed by atoms with Gasteiger partial charge in [0.1, 0.15) is 18.1 Å². The van der Waals surface area contributed by atoms with E-state index in [9.17, 15) is 25.1 Å². The lowest BCUT2D eigenvalue weighted by Gasteiger charge is -2.11. The van der Waals surface area contributed by atoms with E-state index >= 15 is 0 Å². The summed E-state index contributed by atoms with van der Waals surface area (Å²) in [6.07, 6.45) is -1.75. The van der Waals surface area contributed by atoms with Gasteiger partial charge in [-0.25, -0.2) is 0 Å². The van der Waals surface area contributed by atoms with Crippen molar-refractivity contribution in [3.63, 3.8) is 0 Å². The SMILES string of the molecule is CNC(CCO[N+](=O)[O-])O[N+](=O)OC(CCO[N+](=O)[O-])NC. The first kappa shape index (κ1) is 19.5. The van der Waals surface area contributed by atoms with Crippen molar-refractivity contribution < 1.29 is 34.6 Å². The average molecular weight is 328 g/mol. The first-order valence-electron chi connectivity index (χ1n) is 6.09. The Morgan fingerprint density at radius 1 is 0.864 bits per heavy atom. The summed E-state index contributed by atoms with van der Waals surface area (Å²) < 4.78 is 0. The molecule has 0 aliphatic carbocycles. The van der Waals surface area contributed by atoms with Crippen LogP contribution in [0.15, 0.2) is 0 Å². The van der Waals surface area contributed by atoms with E-state index in [-0.39, 0.29) is 31.1 Å². The molecule has 2 unspecified atom stereocenters. The molecule has 14 nitrogen and oxygen atoms in total. The molecule has 0 aliphatic rings. The van der Waals surface area contributed by atoms with Gasteiger partial charge in [-0.1, -0.05) is 0 Å². The van der Waals surface area contributed by atoms with E-state index in [0.717, 1.165) is 0 Å². The quantitative estimate of drug-likeness (QED) is 0.226. The second kappa shape index (κ2) is 11.2. The average Bonchev–Trinajstić information content (AvgIpc) is 2.44. The summed E-state index contributed by atoms with van der Waals surface area (Å²) in [6, 6.07) is 0. The van der Waals surface area contributed by atoms with Crippen LogP contribution in [0.3, 0.4) is 0 Å². The predicted octanol–water partition coefficient (Wildman–Crippen LogP) is -1.08. The zero-order valence-electron chi connectivity index (χ0n) is 12.0. The zero-order valence-corrected chi connectivity index (χ0v) is 12.0. The Hall–Kier alpha value is -2.48. The number of hydrogen-bond acceptors (Lipinski definition) is 11. The first-order valence-corrected chi connectivity index (χ1v) is 6.09. The topological polar surface area (TPSA) is 167 Å². The molecule has 14 heteroatoms. The van der Waals surface area contributed by atoms with Crippen molar-refractivity contribution in [2.24, 2.45) is 0 Å². The molecule has 2 atom stereocenters. The van der Waals surface area contributed by atoms with Crippen molar-refractivity contribution in [1.82, 2.24) is 10.6 Å². The van der Waals surface area contributed by atoms with Crippen molar-refractivity contribution in [2.75, 3.05) is 27.3 Å². The maximum absolute atomic E-state index is 11.4. The van der Waals surface area contributed by atoms with Crippen molar-refractivity contribution in [3.8, 4) is 0 Å². The number of nitrogens with one attached hydrogen (secondary N) is 2. The number of rotatable bonds is 14. The van der Waals surface area contributed by atoms with Gasteiger partial charge in [0.15, 0.2) is 0 Å². The van der Waals surface area contributed by atoms with Gasteiger partial charge in [-0.2, -0.15) is 9.68 Å². The molecule has 0 heterocycles. The van der Waals surface area contributed by atoms with E-state index in [4.69, 9.17) is 9.68 Å². The molecule has 128 valence electrons. The third-order valence-electron chi connectivity index (χ3n) is 2.22. The summed E-state index contributed by atoms with van der Waals surface area (Å²) in [6.45, 7) is -0.559. The van der Waals surface area contributed by atoms with Crippen LogP contribution < -0.4 is 10.6 Å². The lowest BCUT2D eigenvalue weighted by Crippen LogP contribution is -2.38. The molecular formula is C8H18N5O9+. The molecule has 0 spiro atoms. The summed E-state index contributed by atoms with van der Waals surface area (Å²) in [5, 5.41) is 23.0. The van der Waals surface area contributed by atoms with Gasteiger partial charge in [-0.15, -0.1) is 20.2 Å². The molecule has 0 fully saturated rings. The molecule has 0 saturated heterocycles. The van der Waals surface area contributed by atoms with Gasteiger partial charge in [0.05, 0.1) is 0 Å². The van der Waals surface area contributed by atoms with Crippen LogP contribution >= 0.6 is 0 Å². The van der Waals surface area contributed by atoms with Crippen molar-refractivity contribution in [2.45, 2.75) is 25.3 Å². The molecule has 0 rings (SSSR count). The van der Waals surface area contributed by atoms with Crippen LogP contribution in [0.25, 0.3) is 0 Å². The molecule has 0 bridgehead atoms. The minimum atomic E-state index is -0.968. The standard InChI is InChI=1S/C8H18N5O9/c1-9-7(3-5-19-11(14)15)21-13(18)22-8(10-2)4-6-20-12(16)17/h7-10H,3-6H2,1-2H3/q+1. The summed E-state index contributed by atoms with van der Waals surface area (Å²) in [7, 11) is 2.93. The van der Waals surface area contributed by atoms with Crippen LogP contribution in [0.4, 0.5) is 0 Å². The van der Waals surface area contributed by atoms with Gasteiger partial charge in [-0.05, 0) is 14.1 Å². The largest absolute Gasteiger partial charge is 0.480 e. The maximum atomic E-state index is 11.4. The molecular weight excluding hydrogens is 310 g/mol. The van der Waals surface area contributed by atoms with E-state index < -0.39 is 22.6 Å².